The van der Waals surface area contributed by atoms with Crippen molar-refractivity contribution in [3.05, 3.63) is 46.3 Å². The molecule has 0 unspecified atom stereocenters. The fourth-order valence-electron chi connectivity index (χ4n) is 2.02. The van der Waals surface area contributed by atoms with Gasteiger partial charge in [0.25, 0.3) is 0 Å². The summed E-state index contributed by atoms with van der Waals surface area (Å²) >= 11 is 3.36. The van der Waals surface area contributed by atoms with E-state index in [0.29, 0.717) is 12.1 Å². The van der Waals surface area contributed by atoms with E-state index in [2.05, 4.69) is 20.9 Å². The van der Waals surface area contributed by atoms with Crippen LogP contribution in [0.1, 0.15) is 5.56 Å². The first kappa shape index (κ1) is 14.0. The fraction of sp³-hybridized carbons (Fsp3) is 0.214. The minimum Gasteiger partial charge on any atom is -0.362 e. The zero-order valence-electron chi connectivity index (χ0n) is 10.8. The highest BCUT2D eigenvalue weighted by Crippen LogP contribution is 2.32. The molecule has 2 N–H and O–H groups in total. The van der Waals surface area contributed by atoms with Crippen molar-refractivity contribution in [1.82, 2.24) is 4.98 Å². The third kappa shape index (κ3) is 2.77. The fourth-order valence-corrected chi connectivity index (χ4v) is 2.39. The highest BCUT2D eigenvalue weighted by atomic mass is 79.9. The summed E-state index contributed by atoms with van der Waals surface area (Å²) in [6.07, 6.45) is 1.67. The highest BCUT2D eigenvalue weighted by molar-refractivity contribution is 9.10. The van der Waals surface area contributed by atoms with Crippen LogP contribution in [0, 0.1) is 5.82 Å². The Morgan fingerprint density at radius 3 is 2.63 bits per heavy atom. The Kier molecular flexibility index (Phi) is 4.17. The number of aromatic nitrogens is 1. The summed E-state index contributed by atoms with van der Waals surface area (Å²) in [6.45, 7) is 0.308. The smallest absolute Gasteiger partial charge is 0.133 e. The molecule has 1 aromatic heterocycles. The topological polar surface area (TPSA) is 42.2 Å². The van der Waals surface area contributed by atoms with Crippen molar-refractivity contribution >= 4 is 21.7 Å². The molecule has 3 nitrogen and oxygen atoms in total. The van der Waals surface area contributed by atoms with E-state index in [9.17, 15) is 4.39 Å². The molecular formula is C14H15BrFN3. The SMILES string of the molecule is CN(C)c1nccc(-c2cc(Br)ccc2F)c1CN. The van der Waals surface area contributed by atoms with Crippen molar-refractivity contribution in [3.63, 3.8) is 0 Å². The molecule has 2 rings (SSSR count). The van der Waals surface area contributed by atoms with Gasteiger partial charge in [-0.05, 0) is 29.8 Å². The van der Waals surface area contributed by atoms with E-state index in [4.69, 9.17) is 5.73 Å². The maximum absolute atomic E-state index is 14.0. The molecule has 5 heteroatoms. The minimum absolute atomic E-state index is 0.270. The van der Waals surface area contributed by atoms with E-state index in [-0.39, 0.29) is 5.82 Å². The number of nitrogens with zero attached hydrogens (tertiary/aromatic N) is 2. The highest BCUT2D eigenvalue weighted by Gasteiger charge is 2.14. The van der Waals surface area contributed by atoms with Gasteiger partial charge < -0.3 is 10.6 Å². The quantitative estimate of drug-likeness (QED) is 0.943. The van der Waals surface area contributed by atoms with E-state index in [1.807, 2.05) is 19.0 Å². The first-order valence-corrected chi connectivity index (χ1v) is 6.64. The number of anilines is 1. The molecule has 19 heavy (non-hydrogen) atoms. The van der Waals surface area contributed by atoms with Gasteiger partial charge in [0.05, 0.1) is 0 Å². The normalized spacial score (nSPS) is 10.6. The van der Waals surface area contributed by atoms with Gasteiger partial charge in [-0.25, -0.2) is 9.37 Å². The molecule has 0 amide bonds. The van der Waals surface area contributed by atoms with Gasteiger partial charge in [-0.15, -0.1) is 0 Å². The number of rotatable bonds is 3. The van der Waals surface area contributed by atoms with Crippen molar-refractivity contribution in [2.24, 2.45) is 5.73 Å². The third-order valence-corrected chi connectivity index (χ3v) is 3.37. The molecule has 0 aliphatic carbocycles. The molecule has 0 radical (unpaired) electrons. The summed E-state index contributed by atoms with van der Waals surface area (Å²) in [4.78, 5) is 6.18. The van der Waals surface area contributed by atoms with Crippen LogP contribution < -0.4 is 10.6 Å². The molecular weight excluding hydrogens is 309 g/mol. The van der Waals surface area contributed by atoms with Crippen LogP contribution in [0.3, 0.4) is 0 Å². The molecule has 1 aromatic carbocycles. The van der Waals surface area contributed by atoms with Gasteiger partial charge in [-0.1, -0.05) is 15.9 Å². The predicted molar refractivity (Wildman–Crippen MR) is 79.5 cm³/mol. The van der Waals surface area contributed by atoms with Gasteiger partial charge >= 0.3 is 0 Å². The van der Waals surface area contributed by atoms with Crippen LogP contribution in [-0.2, 0) is 6.54 Å². The van der Waals surface area contributed by atoms with Crippen LogP contribution in [0.15, 0.2) is 34.9 Å². The molecule has 0 saturated heterocycles. The maximum Gasteiger partial charge on any atom is 0.133 e. The summed E-state index contributed by atoms with van der Waals surface area (Å²) < 4.78 is 14.8. The lowest BCUT2D eigenvalue weighted by molar-refractivity contribution is 0.631. The number of halogens is 2. The molecule has 1 heterocycles. The van der Waals surface area contributed by atoms with E-state index in [1.54, 1.807) is 24.4 Å². The largest absolute Gasteiger partial charge is 0.362 e. The Bertz CT molecular complexity index is 599. The van der Waals surface area contributed by atoms with E-state index in [0.717, 1.165) is 21.4 Å². The predicted octanol–water partition coefficient (Wildman–Crippen LogP) is 3.17. The number of nitrogens with two attached hydrogens (primary N) is 1. The lowest BCUT2D eigenvalue weighted by Crippen LogP contribution is -2.15. The van der Waals surface area contributed by atoms with Crippen molar-refractivity contribution in [1.29, 1.82) is 0 Å². The van der Waals surface area contributed by atoms with Crippen LogP contribution in [-0.4, -0.2) is 19.1 Å². The Morgan fingerprint density at radius 1 is 1.26 bits per heavy atom. The van der Waals surface area contributed by atoms with Gasteiger partial charge in [0.1, 0.15) is 11.6 Å². The molecule has 2 aromatic rings. The van der Waals surface area contributed by atoms with Crippen molar-refractivity contribution in [2.75, 3.05) is 19.0 Å². The second kappa shape index (κ2) is 5.67. The zero-order chi connectivity index (χ0) is 14.0. The molecule has 0 fully saturated rings. The summed E-state index contributed by atoms with van der Waals surface area (Å²) in [5.74, 6) is 0.494. The molecule has 0 aliphatic heterocycles. The number of benzene rings is 1. The van der Waals surface area contributed by atoms with Gasteiger partial charge in [0.15, 0.2) is 0 Å². The molecule has 100 valence electrons. The number of hydrogen-bond donors (Lipinski definition) is 1. The average molecular weight is 324 g/mol. The number of hydrogen-bond acceptors (Lipinski definition) is 3. The molecule has 0 spiro atoms. The summed E-state index contributed by atoms with van der Waals surface area (Å²) in [5, 5.41) is 0. The van der Waals surface area contributed by atoms with Crippen molar-refractivity contribution in [3.8, 4) is 11.1 Å². The summed E-state index contributed by atoms with van der Waals surface area (Å²) in [7, 11) is 3.78. The van der Waals surface area contributed by atoms with E-state index in [1.165, 1.54) is 6.07 Å². The maximum atomic E-state index is 14.0. The average Bonchev–Trinajstić information content (AvgIpc) is 2.40. The third-order valence-electron chi connectivity index (χ3n) is 2.88. The Morgan fingerprint density at radius 2 is 2.00 bits per heavy atom. The van der Waals surface area contributed by atoms with E-state index >= 15 is 0 Å². The van der Waals surface area contributed by atoms with Gasteiger partial charge in [-0.3, -0.25) is 0 Å². The number of pyridine rings is 1. The molecule has 0 atom stereocenters. The zero-order valence-corrected chi connectivity index (χ0v) is 12.4. The van der Waals surface area contributed by atoms with Crippen molar-refractivity contribution < 1.29 is 4.39 Å². The lowest BCUT2D eigenvalue weighted by Gasteiger charge is -2.18. The summed E-state index contributed by atoms with van der Waals surface area (Å²) in [6, 6.07) is 6.66. The first-order valence-electron chi connectivity index (χ1n) is 5.85. The van der Waals surface area contributed by atoms with Crippen LogP contribution >= 0.6 is 15.9 Å². The summed E-state index contributed by atoms with van der Waals surface area (Å²) in [5.41, 5.74) is 7.96. The monoisotopic (exact) mass is 323 g/mol. The van der Waals surface area contributed by atoms with E-state index < -0.39 is 0 Å². The van der Waals surface area contributed by atoms with Crippen LogP contribution in [0.5, 0.6) is 0 Å². The molecule has 0 bridgehead atoms. The van der Waals surface area contributed by atoms with Gasteiger partial charge in [0, 0.05) is 42.4 Å². The Labute approximate surface area is 120 Å². The lowest BCUT2D eigenvalue weighted by atomic mass is 10.00. The Hall–Kier alpha value is -1.46. The minimum atomic E-state index is -0.270. The molecule has 0 saturated carbocycles. The van der Waals surface area contributed by atoms with Gasteiger partial charge in [-0.2, -0.15) is 0 Å². The van der Waals surface area contributed by atoms with Crippen LogP contribution in [0.4, 0.5) is 10.2 Å². The first-order chi connectivity index (χ1) is 9.04. The standard InChI is InChI=1S/C14H15BrFN3/c1-19(2)14-12(8-17)10(5-6-18-14)11-7-9(15)3-4-13(11)16/h3-7H,8,17H2,1-2H3. The van der Waals surface area contributed by atoms with Gasteiger partial charge in [0.2, 0.25) is 0 Å². The second-order valence-electron chi connectivity index (χ2n) is 4.38. The second-order valence-corrected chi connectivity index (χ2v) is 5.30. The molecule has 0 aliphatic rings. The van der Waals surface area contributed by atoms with Crippen LogP contribution in [0.2, 0.25) is 0 Å². The van der Waals surface area contributed by atoms with Crippen molar-refractivity contribution in [2.45, 2.75) is 6.54 Å². The van der Waals surface area contributed by atoms with Crippen LogP contribution in [0.25, 0.3) is 11.1 Å². The Balaban J connectivity index is 2.68.